The van der Waals surface area contributed by atoms with Crippen molar-refractivity contribution in [2.75, 3.05) is 16.8 Å². The topological polar surface area (TPSA) is 79.6 Å². The lowest BCUT2D eigenvalue weighted by Gasteiger charge is -2.22. The second-order valence-electron chi connectivity index (χ2n) is 7.68. The number of fused-ring (bicyclic) bond motifs is 3. The van der Waals surface area contributed by atoms with E-state index in [4.69, 9.17) is 4.42 Å². The maximum absolute atomic E-state index is 13.2. The van der Waals surface area contributed by atoms with Gasteiger partial charge in [0.25, 0.3) is 11.8 Å². The molecule has 0 atom stereocenters. The number of anilines is 2. The van der Waals surface area contributed by atoms with E-state index in [1.165, 1.54) is 17.8 Å². The summed E-state index contributed by atoms with van der Waals surface area (Å²) in [5, 5.41) is 3.47. The van der Waals surface area contributed by atoms with E-state index in [2.05, 4.69) is 5.32 Å². The van der Waals surface area contributed by atoms with Gasteiger partial charge in [-0.3, -0.25) is 9.59 Å². The van der Waals surface area contributed by atoms with Crippen molar-refractivity contribution in [1.82, 2.24) is 0 Å². The van der Waals surface area contributed by atoms with Gasteiger partial charge in [0.15, 0.2) is 0 Å². The van der Waals surface area contributed by atoms with Gasteiger partial charge in [-0.2, -0.15) is 0 Å². The quantitative estimate of drug-likeness (QED) is 0.406. The van der Waals surface area contributed by atoms with Gasteiger partial charge in [0.1, 0.15) is 11.1 Å². The lowest BCUT2D eigenvalue weighted by atomic mass is 10.1. The second-order valence-corrected chi connectivity index (χ2v) is 8.76. The van der Waals surface area contributed by atoms with E-state index in [0.29, 0.717) is 28.8 Å². The van der Waals surface area contributed by atoms with E-state index in [1.54, 1.807) is 29.2 Å². The molecular formula is C26H20N2O4S. The van der Waals surface area contributed by atoms with Gasteiger partial charge < -0.3 is 14.6 Å². The van der Waals surface area contributed by atoms with Crippen molar-refractivity contribution in [2.24, 2.45) is 0 Å². The van der Waals surface area contributed by atoms with E-state index in [0.717, 1.165) is 21.9 Å². The molecule has 0 unspecified atom stereocenters. The molecule has 0 saturated heterocycles. The Balaban J connectivity index is 1.50. The van der Waals surface area contributed by atoms with E-state index >= 15 is 0 Å². The maximum atomic E-state index is 13.2. The summed E-state index contributed by atoms with van der Waals surface area (Å²) in [6.07, 6.45) is 0.814. The van der Waals surface area contributed by atoms with E-state index in [1.807, 2.05) is 49.4 Å². The summed E-state index contributed by atoms with van der Waals surface area (Å²) in [5.74, 6) is -0.584. The summed E-state index contributed by atoms with van der Waals surface area (Å²) in [6.45, 7) is 2.62. The van der Waals surface area contributed by atoms with Gasteiger partial charge >= 0.3 is 5.63 Å². The van der Waals surface area contributed by atoms with Crippen LogP contribution in [0.25, 0.3) is 11.0 Å². The smallest absolute Gasteiger partial charge is 0.349 e. The molecule has 0 spiro atoms. The van der Waals surface area contributed by atoms with Crippen molar-refractivity contribution < 1.29 is 14.0 Å². The van der Waals surface area contributed by atoms with E-state index < -0.39 is 11.5 Å². The third-order valence-corrected chi connectivity index (χ3v) is 6.55. The van der Waals surface area contributed by atoms with Crippen molar-refractivity contribution in [2.45, 2.75) is 23.1 Å². The van der Waals surface area contributed by atoms with Crippen LogP contribution in [0.4, 0.5) is 11.4 Å². The second kappa shape index (κ2) is 8.60. The minimum absolute atomic E-state index is 0.0377. The molecule has 1 N–H and O–H groups in total. The number of amides is 2. The van der Waals surface area contributed by atoms with Gasteiger partial charge in [-0.25, -0.2) is 4.79 Å². The van der Waals surface area contributed by atoms with Gasteiger partial charge in [-0.05, 0) is 48.9 Å². The number of rotatable bonds is 4. The van der Waals surface area contributed by atoms with Crippen molar-refractivity contribution >= 4 is 45.9 Å². The Morgan fingerprint density at radius 2 is 1.76 bits per heavy atom. The van der Waals surface area contributed by atoms with Crippen molar-refractivity contribution in [3.8, 4) is 0 Å². The van der Waals surface area contributed by atoms with Gasteiger partial charge in [0.05, 0.1) is 11.3 Å². The Labute approximate surface area is 194 Å². The lowest BCUT2D eigenvalue weighted by molar-refractivity contribution is 0.0982. The highest BCUT2D eigenvalue weighted by molar-refractivity contribution is 7.99. The van der Waals surface area contributed by atoms with Crippen molar-refractivity contribution in [1.29, 1.82) is 0 Å². The summed E-state index contributed by atoms with van der Waals surface area (Å²) >= 11 is 1.48. The first-order chi connectivity index (χ1) is 16.0. The Morgan fingerprint density at radius 1 is 0.970 bits per heavy atom. The number of benzene rings is 3. The Morgan fingerprint density at radius 3 is 2.61 bits per heavy atom. The van der Waals surface area contributed by atoms with Gasteiger partial charge in [-0.1, -0.05) is 49.0 Å². The molecule has 0 radical (unpaired) electrons. The number of nitrogens with zero attached hydrogens (tertiary/aromatic N) is 1. The monoisotopic (exact) mass is 456 g/mol. The molecule has 7 heteroatoms. The standard InChI is InChI=1S/C26H20N2O4S/c1-2-13-28-20-12-11-17(15-23(20)33-22-10-6-4-8-18(22)25(28)30)27-24(29)19-14-16-7-3-5-9-21(16)32-26(19)31/h3-12,14-15H,2,13H2,1H3,(H,27,29). The Hall–Kier alpha value is -3.84. The first kappa shape index (κ1) is 21.0. The summed E-state index contributed by atoms with van der Waals surface area (Å²) in [4.78, 5) is 41.9. The molecule has 0 saturated carbocycles. The number of para-hydroxylation sites is 1. The minimum atomic E-state index is -0.691. The average Bonchev–Trinajstić information content (AvgIpc) is 2.93. The summed E-state index contributed by atoms with van der Waals surface area (Å²) in [5.41, 5.74) is 1.66. The maximum Gasteiger partial charge on any atom is 0.349 e. The largest absolute Gasteiger partial charge is 0.422 e. The molecule has 3 aromatic carbocycles. The first-order valence-electron chi connectivity index (χ1n) is 10.6. The molecule has 0 bridgehead atoms. The van der Waals surface area contributed by atoms with Gasteiger partial charge in [-0.15, -0.1) is 0 Å². The predicted octanol–water partition coefficient (Wildman–Crippen LogP) is 5.57. The zero-order valence-electron chi connectivity index (χ0n) is 17.8. The van der Waals surface area contributed by atoms with Crippen molar-refractivity contribution in [3.63, 3.8) is 0 Å². The summed E-state index contributed by atoms with van der Waals surface area (Å²) < 4.78 is 5.29. The zero-order chi connectivity index (χ0) is 22.9. The van der Waals surface area contributed by atoms with Crippen molar-refractivity contribution in [3.05, 3.63) is 94.3 Å². The van der Waals surface area contributed by atoms with Gasteiger partial charge in [0, 0.05) is 27.4 Å². The first-order valence-corrected chi connectivity index (χ1v) is 11.4. The molecule has 164 valence electrons. The number of carbonyl (C=O) groups excluding carboxylic acids is 2. The van der Waals surface area contributed by atoms with Crippen LogP contribution in [0.2, 0.25) is 0 Å². The average molecular weight is 457 g/mol. The molecule has 33 heavy (non-hydrogen) atoms. The molecule has 5 rings (SSSR count). The van der Waals surface area contributed by atoms with Crippen LogP contribution < -0.4 is 15.8 Å². The molecule has 1 aromatic heterocycles. The third-order valence-electron chi connectivity index (χ3n) is 5.42. The fraction of sp³-hybridized carbons (Fsp3) is 0.115. The zero-order valence-corrected chi connectivity index (χ0v) is 18.6. The summed E-state index contributed by atoms with van der Waals surface area (Å²) in [6, 6.07) is 21.5. The fourth-order valence-corrected chi connectivity index (χ4v) is 4.98. The number of carbonyl (C=O) groups is 2. The number of nitrogens with one attached hydrogen (secondary N) is 1. The van der Waals surface area contributed by atoms with Crippen LogP contribution in [0.3, 0.4) is 0 Å². The summed E-state index contributed by atoms with van der Waals surface area (Å²) in [7, 11) is 0. The molecule has 2 amide bonds. The van der Waals surface area contributed by atoms with Crippen LogP contribution >= 0.6 is 11.8 Å². The molecule has 0 aliphatic carbocycles. The molecule has 2 heterocycles. The normalized spacial score (nSPS) is 12.8. The molecule has 1 aliphatic rings. The third kappa shape index (κ3) is 3.91. The fourth-order valence-electron chi connectivity index (χ4n) is 3.87. The highest BCUT2D eigenvalue weighted by Gasteiger charge is 2.27. The molecular weight excluding hydrogens is 436 g/mol. The van der Waals surface area contributed by atoms with Crippen LogP contribution in [0.15, 0.2) is 91.8 Å². The molecule has 1 aliphatic heterocycles. The van der Waals surface area contributed by atoms with Gasteiger partial charge in [0.2, 0.25) is 0 Å². The Kier molecular flexibility index (Phi) is 5.48. The Bertz CT molecular complexity index is 1460. The number of hydrogen-bond donors (Lipinski definition) is 1. The molecule has 6 nitrogen and oxygen atoms in total. The van der Waals surface area contributed by atoms with Crippen LogP contribution in [0.1, 0.15) is 34.1 Å². The SMILES string of the molecule is CCCN1C(=O)c2ccccc2Sc2cc(NC(=O)c3cc4ccccc4oc3=O)ccc21. The van der Waals surface area contributed by atoms with E-state index in [9.17, 15) is 14.4 Å². The van der Waals surface area contributed by atoms with Crippen LogP contribution in [0.5, 0.6) is 0 Å². The molecule has 4 aromatic rings. The van der Waals surface area contributed by atoms with Crippen LogP contribution in [0, 0.1) is 0 Å². The van der Waals surface area contributed by atoms with Crippen LogP contribution in [-0.4, -0.2) is 18.4 Å². The van der Waals surface area contributed by atoms with E-state index in [-0.39, 0.29) is 11.5 Å². The highest BCUT2D eigenvalue weighted by Crippen LogP contribution is 2.42. The molecule has 0 fully saturated rings. The highest BCUT2D eigenvalue weighted by atomic mass is 32.2. The number of hydrogen-bond acceptors (Lipinski definition) is 5. The minimum Gasteiger partial charge on any atom is -0.422 e. The van der Waals surface area contributed by atoms with Crippen LogP contribution in [-0.2, 0) is 0 Å². The lowest BCUT2D eigenvalue weighted by Crippen LogP contribution is -2.31. The predicted molar refractivity (Wildman–Crippen MR) is 129 cm³/mol.